The van der Waals surface area contributed by atoms with Crippen molar-refractivity contribution in [3.63, 3.8) is 0 Å². The minimum atomic E-state index is -0.918. The lowest BCUT2D eigenvalue weighted by atomic mass is 10.1. The highest BCUT2D eigenvalue weighted by atomic mass is 32.2. The number of anilines is 1. The minimum Gasteiger partial charge on any atom is -0.508 e. The maximum atomic E-state index is 13.8. The first-order chi connectivity index (χ1) is 16.8. The molecule has 1 aromatic heterocycles. The van der Waals surface area contributed by atoms with E-state index in [1.165, 1.54) is 31.4 Å². The van der Waals surface area contributed by atoms with Gasteiger partial charge in [-0.3, -0.25) is 9.36 Å². The maximum absolute atomic E-state index is 13.8. The van der Waals surface area contributed by atoms with Gasteiger partial charge >= 0.3 is 11.9 Å². The Balaban J connectivity index is 2.08. The molecule has 1 aliphatic rings. The van der Waals surface area contributed by atoms with Crippen molar-refractivity contribution in [2.45, 2.75) is 12.2 Å². The number of hydrogen-bond acceptors (Lipinski definition) is 9. The molecule has 0 spiro atoms. The summed E-state index contributed by atoms with van der Waals surface area (Å²) in [5, 5.41) is 18.7. The van der Waals surface area contributed by atoms with Gasteiger partial charge < -0.3 is 25.4 Å². The van der Waals surface area contributed by atoms with E-state index in [9.17, 15) is 24.6 Å². The quantitative estimate of drug-likeness (QED) is 0.454. The Morgan fingerprint density at radius 3 is 2.23 bits per heavy atom. The second kappa shape index (κ2) is 9.59. The maximum Gasteiger partial charge on any atom is 0.357 e. The summed E-state index contributed by atoms with van der Waals surface area (Å²) in [5.74, 6) is -1.96. The normalized spacial score (nSPS) is 15.6. The molecule has 0 amide bonds. The molecule has 1 unspecified atom stereocenters. The van der Waals surface area contributed by atoms with E-state index >= 15 is 0 Å². The van der Waals surface area contributed by atoms with Gasteiger partial charge in [-0.25, -0.2) is 9.59 Å². The Morgan fingerprint density at radius 2 is 1.66 bits per heavy atom. The third-order valence-electron chi connectivity index (χ3n) is 5.38. The van der Waals surface area contributed by atoms with Crippen LogP contribution in [-0.4, -0.2) is 46.3 Å². The van der Waals surface area contributed by atoms with E-state index in [1.54, 1.807) is 37.3 Å². The van der Waals surface area contributed by atoms with Crippen LogP contribution in [-0.2, 0) is 14.3 Å². The number of ether oxygens (including phenoxy) is 2. The lowest BCUT2D eigenvalue weighted by Crippen LogP contribution is -2.42. The highest BCUT2D eigenvalue weighted by molar-refractivity contribution is 8.10. The molecule has 0 saturated heterocycles. The molecule has 10 heteroatoms. The van der Waals surface area contributed by atoms with E-state index in [0.29, 0.717) is 11.1 Å². The van der Waals surface area contributed by atoms with Crippen LogP contribution in [0.3, 0.4) is 0 Å². The summed E-state index contributed by atoms with van der Waals surface area (Å²) >= 11 is 0.971. The zero-order chi connectivity index (χ0) is 25.3. The molecule has 4 N–H and O–H groups in total. The number of methoxy groups -OCH3 is 1. The van der Waals surface area contributed by atoms with E-state index in [1.807, 2.05) is 0 Å². The van der Waals surface area contributed by atoms with Crippen molar-refractivity contribution < 1.29 is 34.1 Å². The van der Waals surface area contributed by atoms with E-state index in [-0.39, 0.29) is 45.0 Å². The summed E-state index contributed by atoms with van der Waals surface area (Å²) in [5.41, 5.74) is 7.30. The lowest BCUT2D eigenvalue weighted by molar-refractivity contribution is -0.133. The molecule has 0 saturated carbocycles. The number of phenols is 2. The fraction of sp³-hybridized carbons (Fsp3) is 0.160. The average molecular weight is 495 g/mol. The summed E-state index contributed by atoms with van der Waals surface area (Å²) in [6.07, 6.45) is 1.61. The molecule has 35 heavy (non-hydrogen) atoms. The van der Waals surface area contributed by atoms with Gasteiger partial charge in [-0.05, 0) is 48.4 Å². The monoisotopic (exact) mass is 494 g/mol. The number of nitrogen functional groups attached to an aromatic ring is 1. The number of nitrogens with zero attached hydrogens (tertiary/aromatic N) is 1. The Morgan fingerprint density at radius 1 is 1.06 bits per heavy atom. The number of hydrogen-bond donors (Lipinski definition) is 3. The van der Waals surface area contributed by atoms with Crippen LogP contribution in [0.5, 0.6) is 11.5 Å². The zero-order valence-electron chi connectivity index (χ0n) is 18.8. The molecule has 4 rings (SSSR count). The van der Waals surface area contributed by atoms with Crippen LogP contribution in [0, 0.1) is 0 Å². The Kier molecular flexibility index (Phi) is 6.57. The molecule has 9 nitrogen and oxygen atoms in total. The molecule has 180 valence electrons. The first-order valence-corrected chi connectivity index (χ1v) is 11.4. The molecule has 0 radical (unpaired) electrons. The molecule has 1 aliphatic heterocycles. The van der Waals surface area contributed by atoms with Gasteiger partial charge in [0, 0.05) is 5.22 Å². The summed E-state index contributed by atoms with van der Waals surface area (Å²) in [6, 6.07) is 12.2. The molecule has 1 atom stereocenters. The Hall–Kier alpha value is -4.18. The van der Waals surface area contributed by atoms with Crippen LogP contribution in [0.1, 0.15) is 38.6 Å². The molecule has 2 aromatic carbocycles. The molecular weight excluding hydrogens is 472 g/mol. The smallest absolute Gasteiger partial charge is 0.357 e. The number of rotatable bonds is 5. The Bertz CT molecular complexity index is 1440. The predicted octanol–water partition coefficient (Wildman–Crippen LogP) is 1.90. The van der Waals surface area contributed by atoms with E-state index in [0.717, 1.165) is 16.3 Å². The first kappa shape index (κ1) is 24.0. The van der Waals surface area contributed by atoms with Crippen molar-refractivity contribution in [2.75, 3.05) is 19.5 Å². The number of fused-ring (bicyclic) bond motifs is 1. The molecule has 3 aromatic rings. The van der Waals surface area contributed by atoms with Crippen LogP contribution >= 0.6 is 11.8 Å². The zero-order valence-corrected chi connectivity index (χ0v) is 19.7. The number of esters is 2. The summed E-state index contributed by atoms with van der Waals surface area (Å²) in [4.78, 5) is 39.7. The van der Waals surface area contributed by atoms with Gasteiger partial charge in [0.15, 0.2) is 5.69 Å². The number of phenolic OH excluding ortho intramolecular Hbond substituents is 2. The number of aromatic hydroxyl groups is 2. The predicted molar refractivity (Wildman–Crippen MR) is 130 cm³/mol. The second-order valence-corrected chi connectivity index (χ2v) is 8.68. The number of nitrogens with two attached hydrogens (primary N) is 1. The first-order valence-electron chi connectivity index (χ1n) is 10.6. The lowest BCUT2D eigenvalue weighted by Gasteiger charge is -2.23. The van der Waals surface area contributed by atoms with Crippen molar-refractivity contribution in [3.8, 4) is 11.5 Å². The van der Waals surface area contributed by atoms with Crippen molar-refractivity contribution >= 4 is 46.3 Å². The third kappa shape index (κ3) is 4.35. The Labute approximate surface area is 204 Å². The molecule has 0 fully saturated rings. The third-order valence-corrected chi connectivity index (χ3v) is 6.69. The van der Waals surface area contributed by atoms with Crippen LogP contribution in [0.15, 0.2) is 48.5 Å². The standard InChI is InChI=1S/C25H22N2O7S/c1-3-34-24(31)20-18(26)17(12-13-4-8-15(28)9-5-13)19-22(25(32)33-2)35-21(23(30)27(19)20)14-6-10-16(29)11-7-14/h4-12,21,28-29H,3,26H2,1-2H3/b17-12+. The second-order valence-electron chi connectivity index (χ2n) is 7.56. The summed E-state index contributed by atoms with van der Waals surface area (Å²) in [6.45, 7) is 1.67. The molecule has 0 bridgehead atoms. The highest BCUT2D eigenvalue weighted by Crippen LogP contribution is 2.40. The fourth-order valence-electron chi connectivity index (χ4n) is 3.77. The van der Waals surface area contributed by atoms with Gasteiger partial charge in [0.1, 0.15) is 21.7 Å². The van der Waals surface area contributed by atoms with Gasteiger partial charge in [0.25, 0.3) is 0 Å². The number of carbonyl (C=O) groups excluding carboxylic acids is 3. The van der Waals surface area contributed by atoms with E-state index in [2.05, 4.69) is 0 Å². The molecule has 0 aliphatic carbocycles. The van der Waals surface area contributed by atoms with Crippen molar-refractivity contribution in [1.82, 2.24) is 4.57 Å². The number of benzene rings is 2. The largest absolute Gasteiger partial charge is 0.508 e. The van der Waals surface area contributed by atoms with E-state index in [4.69, 9.17) is 15.2 Å². The topological polar surface area (TPSA) is 141 Å². The van der Waals surface area contributed by atoms with Crippen molar-refractivity contribution in [2.24, 2.45) is 0 Å². The number of thioether (sulfide) groups is 1. The van der Waals surface area contributed by atoms with Crippen molar-refractivity contribution in [3.05, 3.63) is 75.9 Å². The summed E-state index contributed by atoms with van der Waals surface area (Å²) in [7, 11) is 1.22. The highest BCUT2D eigenvalue weighted by Gasteiger charge is 2.38. The van der Waals surface area contributed by atoms with Crippen LogP contribution in [0.2, 0.25) is 0 Å². The number of carbonyl (C=O) groups is 3. The molecular formula is C25H22N2O7S. The van der Waals surface area contributed by atoms with Crippen LogP contribution in [0.25, 0.3) is 11.0 Å². The fourth-order valence-corrected chi connectivity index (χ4v) is 5.00. The van der Waals surface area contributed by atoms with Gasteiger partial charge in [0.05, 0.1) is 24.8 Å². The minimum absolute atomic E-state index is 0.0167. The average Bonchev–Trinajstić information content (AvgIpc) is 3.13. The van der Waals surface area contributed by atoms with Crippen LogP contribution < -0.4 is 16.3 Å². The SMILES string of the molecule is CCOC(=O)c1c(N)/c(=C\c2ccc(O)cc2)c2n1C(=O)C(c1ccc(O)cc1)SC=2C(=O)OC. The number of aromatic nitrogens is 1. The van der Waals surface area contributed by atoms with E-state index < -0.39 is 23.1 Å². The molecule has 2 heterocycles. The van der Waals surface area contributed by atoms with Gasteiger partial charge in [0.2, 0.25) is 5.91 Å². The van der Waals surface area contributed by atoms with Gasteiger partial charge in [-0.2, -0.15) is 0 Å². The van der Waals surface area contributed by atoms with Crippen molar-refractivity contribution in [1.29, 1.82) is 0 Å². The van der Waals surface area contributed by atoms with Crippen LogP contribution in [0.4, 0.5) is 5.69 Å². The van der Waals surface area contributed by atoms with Gasteiger partial charge in [-0.15, -0.1) is 0 Å². The van der Waals surface area contributed by atoms with Gasteiger partial charge in [-0.1, -0.05) is 36.0 Å². The summed E-state index contributed by atoms with van der Waals surface area (Å²) < 4.78 is 11.3.